The van der Waals surface area contributed by atoms with Gasteiger partial charge in [0.05, 0.1) is 6.54 Å². The summed E-state index contributed by atoms with van der Waals surface area (Å²) in [5.74, 6) is 1.99. The summed E-state index contributed by atoms with van der Waals surface area (Å²) in [7, 11) is 2.14. The highest BCUT2D eigenvalue weighted by atomic mass is 16.3. The molecule has 0 aliphatic carbocycles. The van der Waals surface area contributed by atoms with Crippen molar-refractivity contribution in [1.29, 1.82) is 0 Å². The minimum atomic E-state index is 0.107. The second kappa shape index (κ2) is 6.22. The van der Waals surface area contributed by atoms with Crippen LogP contribution in [0.5, 0.6) is 0 Å². The van der Waals surface area contributed by atoms with E-state index in [-0.39, 0.29) is 5.54 Å². The highest BCUT2D eigenvalue weighted by Gasteiger charge is 2.30. The predicted molar refractivity (Wildman–Crippen MR) is 71.9 cm³/mol. The van der Waals surface area contributed by atoms with Crippen LogP contribution in [0.25, 0.3) is 0 Å². The molecule has 3 nitrogen and oxygen atoms in total. The van der Waals surface area contributed by atoms with Gasteiger partial charge in [0.2, 0.25) is 0 Å². The Morgan fingerprint density at radius 1 is 1.35 bits per heavy atom. The summed E-state index contributed by atoms with van der Waals surface area (Å²) < 4.78 is 5.63. The molecule has 17 heavy (non-hydrogen) atoms. The number of nitrogens with zero attached hydrogens (tertiary/aromatic N) is 1. The highest BCUT2D eigenvalue weighted by molar-refractivity contribution is 5.06. The zero-order valence-electron chi connectivity index (χ0n) is 11.6. The Labute approximate surface area is 105 Å². The van der Waals surface area contributed by atoms with Gasteiger partial charge in [-0.3, -0.25) is 4.90 Å². The van der Waals surface area contributed by atoms with Gasteiger partial charge in [0.15, 0.2) is 0 Å². The van der Waals surface area contributed by atoms with Crippen LogP contribution in [0.15, 0.2) is 16.5 Å². The fraction of sp³-hybridized carbons (Fsp3) is 0.714. The molecule has 3 heteroatoms. The molecule has 98 valence electrons. The second-order valence-corrected chi connectivity index (χ2v) is 4.90. The Bertz CT molecular complexity index is 329. The molecule has 0 aliphatic rings. The molecule has 1 unspecified atom stereocenters. The Morgan fingerprint density at radius 2 is 2.06 bits per heavy atom. The van der Waals surface area contributed by atoms with E-state index in [9.17, 15) is 0 Å². The predicted octanol–water partition coefficient (Wildman–Crippen LogP) is 2.93. The molecule has 0 saturated heterocycles. The summed E-state index contributed by atoms with van der Waals surface area (Å²) in [6, 6.07) is 4.06. The van der Waals surface area contributed by atoms with Gasteiger partial charge in [-0.1, -0.05) is 20.3 Å². The van der Waals surface area contributed by atoms with Crippen molar-refractivity contribution >= 4 is 0 Å². The Balaban J connectivity index is 2.74. The Kier molecular flexibility index (Phi) is 5.22. The number of hydrogen-bond acceptors (Lipinski definition) is 3. The van der Waals surface area contributed by atoms with Gasteiger partial charge in [0.25, 0.3) is 0 Å². The van der Waals surface area contributed by atoms with E-state index >= 15 is 0 Å². The van der Waals surface area contributed by atoms with Crippen molar-refractivity contribution < 1.29 is 4.42 Å². The summed E-state index contributed by atoms with van der Waals surface area (Å²) in [6.45, 7) is 7.94. The van der Waals surface area contributed by atoms with E-state index in [2.05, 4.69) is 31.9 Å². The van der Waals surface area contributed by atoms with Crippen LogP contribution in [-0.2, 0) is 6.54 Å². The lowest BCUT2D eigenvalue weighted by Gasteiger charge is -2.40. The molecule has 1 atom stereocenters. The first-order valence-corrected chi connectivity index (χ1v) is 6.54. The number of furan rings is 1. The van der Waals surface area contributed by atoms with Gasteiger partial charge < -0.3 is 10.2 Å². The zero-order valence-corrected chi connectivity index (χ0v) is 11.6. The Morgan fingerprint density at radius 3 is 2.47 bits per heavy atom. The SMILES string of the molecule is CCCC(CC)(CN)N(C)Cc1ccc(C)o1. The van der Waals surface area contributed by atoms with Crippen LogP contribution in [0.4, 0.5) is 0 Å². The molecule has 0 aromatic carbocycles. The van der Waals surface area contributed by atoms with E-state index in [0.717, 1.165) is 37.3 Å². The van der Waals surface area contributed by atoms with Crippen molar-refractivity contribution in [3.05, 3.63) is 23.7 Å². The fourth-order valence-electron chi connectivity index (χ4n) is 2.48. The lowest BCUT2D eigenvalue weighted by molar-refractivity contribution is 0.0937. The molecule has 1 aromatic heterocycles. The van der Waals surface area contributed by atoms with Crippen LogP contribution in [0, 0.1) is 6.92 Å². The molecule has 2 N–H and O–H groups in total. The first kappa shape index (κ1) is 14.3. The monoisotopic (exact) mass is 238 g/mol. The van der Waals surface area contributed by atoms with Crippen molar-refractivity contribution in [1.82, 2.24) is 4.90 Å². The summed E-state index contributed by atoms with van der Waals surface area (Å²) in [5.41, 5.74) is 6.10. The molecule has 0 amide bonds. The van der Waals surface area contributed by atoms with Crippen molar-refractivity contribution in [2.45, 2.75) is 52.1 Å². The Hall–Kier alpha value is -0.800. The molecule has 0 saturated carbocycles. The fourth-order valence-corrected chi connectivity index (χ4v) is 2.48. The van der Waals surface area contributed by atoms with Gasteiger partial charge >= 0.3 is 0 Å². The zero-order chi connectivity index (χ0) is 12.9. The quantitative estimate of drug-likeness (QED) is 0.794. The van der Waals surface area contributed by atoms with Gasteiger partial charge in [-0.05, 0) is 38.9 Å². The molecule has 1 heterocycles. The third-order valence-corrected chi connectivity index (χ3v) is 3.75. The van der Waals surface area contributed by atoms with Crippen molar-refractivity contribution in [3.8, 4) is 0 Å². The third kappa shape index (κ3) is 3.33. The number of rotatable bonds is 7. The summed E-state index contributed by atoms with van der Waals surface area (Å²) >= 11 is 0. The van der Waals surface area contributed by atoms with Crippen LogP contribution in [0.2, 0.25) is 0 Å². The van der Waals surface area contributed by atoms with Crippen LogP contribution >= 0.6 is 0 Å². The maximum atomic E-state index is 5.99. The van der Waals surface area contributed by atoms with E-state index in [0.29, 0.717) is 6.54 Å². The smallest absolute Gasteiger partial charge is 0.118 e. The third-order valence-electron chi connectivity index (χ3n) is 3.75. The molecule has 0 fully saturated rings. The van der Waals surface area contributed by atoms with E-state index in [4.69, 9.17) is 10.2 Å². The topological polar surface area (TPSA) is 42.4 Å². The van der Waals surface area contributed by atoms with Gasteiger partial charge in [-0.2, -0.15) is 0 Å². The van der Waals surface area contributed by atoms with Crippen LogP contribution in [-0.4, -0.2) is 24.0 Å². The normalized spacial score (nSPS) is 15.2. The minimum Gasteiger partial charge on any atom is -0.465 e. The summed E-state index contributed by atoms with van der Waals surface area (Å²) in [5, 5.41) is 0. The van der Waals surface area contributed by atoms with Gasteiger partial charge in [-0.15, -0.1) is 0 Å². The number of nitrogens with two attached hydrogens (primary N) is 1. The van der Waals surface area contributed by atoms with Gasteiger partial charge in [-0.25, -0.2) is 0 Å². The molecule has 1 aromatic rings. The average molecular weight is 238 g/mol. The molecular weight excluding hydrogens is 212 g/mol. The van der Waals surface area contributed by atoms with E-state index < -0.39 is 0 Å². The number of aryl methyl sites for hydroxylation is 1. The first-order valence-electron chi connectivity index (χ1n) is 6.54. The van der Waals surface area contributed by atoms with Crippen LogP contribution < -0.4 is 5.73 Å². The average Bonchev–Trinajstić information content (AvgIpc) is 2.71. The molecule has 0 spiro atoms. The van der Waals surface area contributed by atoms with Gasteiger partial charge in [0, 0.05) is 12.1 Å². The van der Waals surface area contributed by atoms with Crippen molar-refractivity contribution in [2.75, 3.05) is 13.6 Å². The standard InChI is InChI=1S/C14H26N2O/c1-5-9-14(6-2,11-15)16(4)10-13-8-7-12(3)17-13/h7-8H,5-6,9-11,15H2,1-4H3. The van der Waals surface area contributed by atoms with Crippen molar-refractivity contribution in [3.63, 3.8) is 0 Å². The van der Waals surface area contributed by atoms with E-state index in [1.807, 2.05) is 13.0 Å². The van der Waals surface area contributed by atoms with Gasteiger partial charge in [0.1, 0.15) is 11.5 Å². The van der Waals surface area contributed by atoms with Crippen molar-refractivity contribution in [2.24, 2.45) is 5.73 Å². The maximum absolute atomic E-state index is 5.99. The summed E-state index contributed by atoms with van der Waals surface area (Å²) in [6.07, 6.45) is 3.37. The summed E-state index contributed by atoms with van der Waals surface area (Å²) in [4.78, 5) is 2.34. The highest BCUT2D eigenvalue weighted by Crippen LogP contribution is 2.25. The number of likely N-dealkylation sites (N-methyl/N-ethyl adjacent to an activating group) is 1. The maximum Gasteiger partial charge on any atom is 0.118 e. The molecule has 0 radical (unpaired) electrons. The largest absolute Gasteiger partial charge is 0.465 e. The second-order valence-electron chi connectivity index (χ2n) is 4.90. The first-order chi connectivity index (χ1) is 8.07. The minimum absolute atomic E-state index is 0.107. The molecular formula is C14H26N2O. The van der Waals surface area contributed by atoms with Crippen LogP contribution in [0.1, 0.15) is 44.6 Å². The molecule has 0 aliphatic heterocycles. The lowest BCUT2D eigenvalue weighted by atomic mass is 9.89. The molecule has 0 bridgehead atoms. The van der Waals surface area contributed by atoms with E-state index in [1.165, 1.54) is 0 Å². The lowest BCUT2D eigenvalue weighted by Crippen LogP contribution is -2.51. The number of hydrogen-bond donors (Lipinski definition) is 1. The van der Waals surface area contributed by atoms with E-state index in [1.54, 1.807) is 0 Å². The van der Waals surface area contributed by atoms with Crippen LogP contribution in [0.3, 0.4) is 0 Å². The molecule has 1 rings (SSSR count).